The van der Waals surface area contributed by atoms with E-state index in [1.54, 1.807) is 0 Å². The van der Waals surface area contributed by atoms with Gasteiger partial charge in [-0.3, -0.25) is 9.59 Å². The standard InChI is InChI=1S/C9H12O3/c1-2-9-5-6(12-8(9)11)3-4-7(9)10/h6H,2-5H2,1H3/t6-,9-/m1/s1. The average Bonchev–Trinajstić information content (AvgIpc) is 2.34. The Morgan fingerprint density at radius 3 is 2.92 bits per heavy atom. The van der Waals surface area contributed by atoms with Gasteiger partial charge in [0.1, 0.15) is 17.3 Å². The summed E-state index contributed by atoms with van der Waals surface area (Å²) in [6.45, 7) is 1.88. The molecule has 3 nitrogen and oxygen atoms in total. The number of hydrogen-bond acceptors (Lipinski definition) is 3. The van der Waals surface area contributed by atoms with E-state index < -0.39 is 5.41 Å². The van der Waals surface area contributed by atoms with Crippen LogP contribution in [0.5, 0.6) is 0 Å². The molecule has 2 fully saturated rings. The molecule has 1 aliphatic carbocycles. The number of ether oxygens (including phenoxy) is 1. The Balaban J connectivity index is 2.37. The van der Waals surface area contributed by atoms with Gasteiger partial charge in [-0.15, -0.1) is 0 Å². The molecule has 12 heavy (non-hydrogen) atoms. The van der Waals surface area contributed by atoms with Gasteiger partial charge in [0.05, 0.1) is 0 Å². The predicted octanol–water partition coefficient (Wildman–Crippen LogP) is 1.06. The smallest absolute Gasteiger partial charge is 0.320 e. The van der Waals surface area contributed by atoms with Crippen LogP contribution in [0.4, 0.5) is 0 Å². The highest BCUT2D eigenvalue weighted by atomic mass is 16.6. The summed E-state index contributed by atoms with van der Waals surface area (Å²) in [6.07, 6.45) is 2.49. The third kappa shape index (κ3) is 0.765. The molecule has 0 amide bonds. The maximum Gasteiger partial charge on any atom is 0.320 e. The van der Waals surface area contributed by atoms with Gasteiger partial charge in [0.2, 0.25) is 0 Å². The Morgan fingerprint density at radius 2 is 2.33 bits per heavy atom. The number of esters is 1. The summed E-state index contributed by atoms with van der Waals surface area (Å²) >= 11 is 0. The van der Waals surface area contributed by atoms with E-state index in [-0.39, 0.29) is 17.9 Å². The first-order valence-corrected chi connectivity index (χ1v) is 4.43. The highest BCUT2D eigenvalue weighted by Crippen LogP contribution is 2.44. The number of Topliss-reactive ketones (excluding diaryl/α,β-unsaturated/α-hetero) is 1. The lowest BCUT2D eigenvalue weighted by Crippen LogP contribution is -2.37. The second kappa shape index (κ2) is 2.31. The summed E-state index contributed by atoms with van der Waals surface area (Å²) in [7, 11) is 0. The first-order chi connectivity index (χ1) is 5.69. The van der Waals surface area contributed by atoms with Crippen LogP contribution in [0.1, 0.15) is 32.6 Å². The van der Waals surface area contributed by atoms with E-state index in [0.717, 1.165) is 6.42 Å². The van der Waals surface area contributed by atoms with Gasteiger partial charge in [-0.1, -0.05) is 6.92 Å². The van der Waals surface area contributed by atoms with Crippen LogP contribution in [0.2, 0.25) is 0 Å². The lowest BCUT2D eigenvalue weighted by Gasteiger charge is -2.24. The van der Waals surface area contributed by atoms with E-state index in [0.29, 0.717) is 19.3 Å². The molecule has 0 N–H and O–H groups in total. The van der Waals surface area contributed by atoms with Crippen LogP contribution < -0.4 is 0 Å². The van der Waals surface area contributed by atoms with Gasteiger partial charge in [-0.2, -0.15) is 0 Å². The van der Waals surface area contributed by atoms with Crippen molar-refractivity contribution >= 4 is 11.8 Å². The summed E-state index contributed by atoms with van der Waals surface area (Å²) in [5.41, 5.74) is -0.747. The van der Waals surface area contributed by atoms with Crippen LogP contribution in [-0.4, -0.2) is 17.9 Å². The Labute approximate surface area is 71.1 Å². The van der Waals surface area contributed by atoms with Crippen LogP contribution in [0.15, 0.2) is 0 Å². The minimum atomic E-state index is -0.747. The monoisotopic (exact) mass is 168 g/mol. The number of rotatable bonds is 1. The van der Waals surface area contributed by atoms with Crippen molar-refractivity contribution in [1.29, 1.82) is 0 Å². The zero-order valence-electron chi connectivity index (χ0n) is 7.13. The molecule has 2 bridgehead atoms. The maximum absolute atomic E-state index is 11.5. The summed E-state index contributed by atoms with van der Waals surface area (Å²) in [4.78, 5) is 22.9. The highest BCUT2D eigenvalue weighted by molar-refractivity contribution is 6.05. The second-order valence-corrected chi connectivity index (χ2v) is 3.63. The SMILES string of the molecule is CC[C@@]12C[C@@H](CCC1=O)OC2=O. The number of ketones is 1. The van der Waals surface area contributed by atoms with Crippen molar-refractivity contribution in [3.8, 4) is 0 Å². The number of fused-ring (bicyclic) bond motifs is 2. The van der Waals surface area contributed by atoms with Gasteiger partial charge in [0.25, 0.3) is 0 Å². The Kier molecular flexibility index (Phi) is 1.50. The van der Waals surface area contributed by atoms with E-state index in [4.69, 9.17) is 4.74 Å². The third-order valence-electron chi connectivity index (χ3n) is 3.07. The highest BCUT2D eigenvalue weighted by Gasteiger charge is 2.55. The zero-order chi connectivity index (χ0) is 8.77. The fourth-order valence-electron chi connectivity index (χ4n) is 2.18. The van der Waals surface area contributed by atoms with E-state index in [1.807, 2.05) is 6.92 Å². The van der Waals surface area contributed by atoms with Crippen molar-refractivity contribution in [2.75, 3.05) is 0 Å². The van der Waals surface area contributed by atoms with Gasteiger partial charge in [-0.05, 0) is 12.8 Å². The van der Waals surface area contributed by atoms with Gasteiger partial charge in [0.15, 0.2) is 0 Å². The molecule has 1 saturated carbocycles. The van der Waals surface area contributed by atoms with E-state index >= 15 is 0 Å². The molecule has 0 unspecified atom stereocenters. The predicted molar refractivity (Wildman–Crippen MR) is 41.5 cm³/mol. The fourth-order valence-corrected chi connectivity index (χ4v) is 2.18. The summed E-state index contributed by atoms with van der Waals surface area (Å²) < 4.78 is 5.09. The van der Waals surface area contributed by atoms with Crippen molar-refractivity contribution in [3.63, 3.8) is 0 Å². The molecule has 3 heteroatoms. The molecule has 1 saturated heterocycles. The summed E-state index contributed by atoms with van der Waals surface area (Å²) in [5.74, 6) is -0.193. The van der Waals surface area contributed by atoms with Crippen molar-refractivity contribution < 1.29 is 14.3 Å². The molecule has 0 aromatic rings. The van der Waals surface area contributed by atoms with Crippen LogP contribution in [0.3, 0.4) is 0 Å². The van der Waals surface area contributed by atoms with Gasteiger partial charge in [-0.25, -0.2) is 0 Å². The molecular formula is C9H12O3. The van der Waals surface area contributed by atoms with Gasteiger partial charge >= 0.3 is 5.97 Å². The molecule has 2 atom stereocenters. The number of carbonyl (C=O) groups is 2. The molecule has 1 aliphatic heterocycles. The Morgan fingerprint density at radius 1 is 1.58 bits per heavy atom. The van der Waals surface area contributed by atoms with Crippen LogP contribution in [0.25, 0.3) is 0 Å². The Hall–Kier alpha value is -0.860. The third-order valence-corrected chi connectivity index (χ3v) is 3.07. The average molecular weight is 168 g/mol. The lowest BCUT2D eigenvalue weighted by atomic mass is 9.72. The molecule has 2 aliphatic rings. The molecule has 0 spiro atoms. The molecule has 0 radical (unpaired) electrons. The maximum atomic E-state index is 11.5. The zero-order valence-corrected chi connectivity index (χ0v) is 7.13. The quantitative estimate of drug-likeness (QED) is 0.434. The molecule has 2 rings (SSSR count). The van der Waals surface area contributed by atoms with Crippen LogP contribution in [0, 0.1) is 5.41 Å². The number of carbonyl (C=O) groups excluding carboxylic acids is 2. The minimum absolute atomic E-state index is 0.0233. The van der Waals surface area contributed by atoms with Crippen LogP contribution in [-0.2, 0) is 14.3 Å². The first-order valence-electron chi connectivity index (χ1n) is 4.43. The molecule has 0 aromatic carbocycles. The molecule has 66 valence electrons. The molecule has 1 heterocycles. The van der Waals surface area contributed by atoms with Crippen LogP contribution >= 0.6 is 0 Å². The van der Waals surface area contributed by atoms with E-state index in [2.05, 4.69) is 0 Å². The summed E-state index contributed by atoms with van der Waals surface area (Å²) in [5, 5.41) is 0. The fraction of sp³-hybridized carbons (Fsp3) is 0.778. The van der Waals surface area contributed by atoms with Crippen molar-refractivity contribution in [1.82, 2.24) is 0 Å². The van der Waals surface area contributed by atoms with E-state index in [9.17, 15) is 9.59 Å². The Bertz CT molecular complexity index is 236. The normalized spacial score (nSPS) is 39.9. The van der Waals surface area contributed by atoms with Crippen molar-refractivity contribution in [3.05, 3.63) is 0 Å². The lowest BCUT2D eigenvalue weighted by molar-refractivity contribution is -0.151. The minimum Gasteiger partial charge on any atom is -0.462 e. The topological polar surface area (TPSA) is 43.4 Å². The van der Waals surface area contributed by atoms with Crippen molar-refractivity contribution in [2.24, 2.45) is 5.41 Å². The molecule has 0 aromatic heterocycles. The van der Waals surface area contributed by atoms with Gasteiger partial charge in [0, 0.05) is 12.8 Å². The van der Waals surface area contributed by atoms with E-state index in [1.165, 1.54) is 0 Å². The molecular weight excluding hydrogens is 156 g/mol. The summed E-state index contributed by atoms with van der Waals surface area (Å²) in [6, 6.07) is 0. The largest absolute Gasteiger partial charge is 0.462 e. The second-order valence-electron chi connectivity index (χ2n) is 3.63. The van der Waals surface area contributed by atoms with Gasteiger partial charge < -0.3 is 4.74 Å². The van der Waals surface area contributed by atoms with Crippen molar-refractivity contribution in [2.45, 2.75) is 38.7 Å². The first kappa shape index (κ1) is 7.77. The number of hydrogen-bond donors (Lipinski definition) is 0.